The SMILES string of the molecule is CCNCCNc1cc(Cl)ccc1C(N)=O. The Bertz CT molecular complexity index is 368. The first-order chi connectivity index (χ1) is 7.65. The number of nitrogens with one attached hydrogen (secondary N) is 2. The molecule has 0 heterocycles. The van der Waals surface area contributed by atoms with Crippen molar-refractivity contribution in [3.05, 3.63) is 28.8 Å². The lowest BCUT2D eigenvalue weighted by Crippen LogP contribution is -2.23. The fourth-order valence-corrected chi connectivity index (χ4v) is 1.51. The molecule has 0 aliphatic carbocycles. The summed E-state index contributed by atoms with van der Waals surface area (Å²) in [4.78, 5) is 11.1. The van der Waals surface area contributed by atoms with Gasteiger partial charge in [0.25, 0.3) is 5.91 Å². The standard InChI is InChI=1S/C11H16ClN3O/c1-2-14-5-6-15-10-7-8(12)3-4-9(10)11(13)16/h3-4,7,14-15H,2,5-6H2,1H3,(H2,13,16). The molecular weight excluding hydrogens is 226 g/mol. The summed E-state index contributed by atoms with van der Waals surface area (Å²) in [5.41, 5.74) is 6.40. The maximum absolute atomic E-state index is 11.1. The monoisotopic (exact) mass is 241 g/mol. The quantitative estimate of drug-likeness (QED) is 0.661. The van der Waals surface area contributed by atoms with Crippen molar-refractivity contribution in [3.8, 4) is 0 Å². The predicted octanol–water partition coefficient (Wildman–Crippen LogP) is 1.46. The molecule has 0 saturated heterocycles. The molecule has 0 spiro atoms. The molecule has 16 heavy (non-hydrogen) atoms. The highest BCUT2D eigenvalue weighted by atomic mass is 35.5. The van der Waals surface area contributed by atoms with Crippen LogP contribution < -0.4 is 16.4 Å². The first kappa shape index (κ1) is 12.8. The Hall–Kier alpha value is -1.26. The van der Waals surface area contributed by atoms with Crippen LogP contribution in [0.25, 0.3) is 0 Å². The van der Waals surface area contributed by atoms with Crippen molar-refractivity contribution in [2.24, 2.45) is 5.73 Å². The second kappa shape index (κ2) is 6.35. The highest BCUT2D eigenvalue weighted by Crippen LogP contribution is 2.20. The van der Waals surface area contributed by atoms with Crippen molar-refractivity contribution in [2.45, 2.75) is 6.92 Å². The number of likely N-dealkylation sites (N-methyl/N-ethyl adjacent to an activating group) is 1. The normalized spacial score (nSPS) is 10.1. The Kier molecular flexibility index (Phi) is 5.08. The minimum atomic E-state index is -0.456. The molecule has 4 N–H and O–H groups in total. The van der Waals surface area contributed by atoms with Crippen molar-refractivity contribution < 1.29 is 4.79 Å². The van der Waals surface area contributed by atoms with Crippen molar-refractivity contribution in [2.75, 3.05) is 25.0 Å². The Morgan fingerprint density at radius 3 is 2.81 bits per heavy atom. The zero-order valence-corrected chi connectivity index (χ0v) is 9.97. The molecule has 1 rings (SSSR count). The maximum atomic E-state index is 11.1. The van der Waals surface area contributed by atoms with Gasteiger partial charge in [-0.3, -0.25) is 4.79 Å². The van der Waals surface area contributed by atoms with Gasteiger partial charge in [-0.2, -0.15) is 0 Å². The van der Waals surface area contributed by atoms with Crippen LogP contribution in [0.5, 0.6) is 0 Å². The van der Waals surface area contributed by atoms with Gasteiger partial charge in [0, 0.05) is 23.8 Å². The molecule has 0 aliphatic heterocycles. The number of carbonyl (C=O) groups excluding carboxylic acids is 1. The van der Waals surface area contributed by atoms with Crippen molar-refractivity contribution in [1.82, 2.24) is 5.32 Å². The largest absolute Gasteiger partial charge is 0.383 e. The molecule has 0 aliphatic rings. The summed E-state index contributed by atoms with van der Waals surface area (Å²) in [6.07, 6.45) is 0. The highest BCUT2D eigenvalue weighted by Gasteiger charge is 2.07. The van der Waals surface area contributed by atoms with Gasteiger partial charge in [-0.1, -0.05) is 18.5 Å². The summed E-state index contributed by atoms with van der Waals surface area (Å²) in [5.74, 6) is -0.456. The lowest BCUT2D eigenvalue weighted by atomic mass is 10.1. The van der Waals surface area contributed by atoms with Gasteiger partial charge in [0.2, 0.25) is 0 Å². The molecule has 4 nitrogen and oxygen atoms in total. The Balaban J connectivity index is 2.68. The van der Waals surface area contributed by atoms with Gasteiger partial charge < -0.3 is 16.4 Å². The molecule has 1 aromatic carbocycles. The molecule has 0 fully saturated rings. The molecule has 1 aromatic rings. The van der Waals surface area contributed by atoms with Crippen LogP contribution in [-0.4, -0.2) is 25.5 Å². The number of halogens is 1. The molecule has 0 unspecified atom stereocenters. The summed E-state index contributed by atoms with van der Waals surface area (Å²) in [6, 6.07) is 4.98. The smallest absolute Gasteiger partial charge is 0.250 e. The van der Waals surface area contributed by atoms with E-state index in [-0.39, 0.29) is 0 Å². The van der Waals surface area contributed by atoms with Gasteiger partial charge in [0.1, 0.15) is 0 Å². The third-order valence-electron chi connectivity index (χ3n) is 2.11. The van der Waals surface area contributed by atoms with Gasteiger partial charge >= 0.3 is 0 Å². The number of nitrogens with two attached hydrogens (primary N) is 1. The zero-order chi connectivity index (χ0) is 12.0. The van der Waals surface area contributed by atoms with Crippen molar-refractivity contribution >= 4 is 23.2 Å². The number of carbonyl (C=O) groups is 1. The summed E-state index contributed by atoms with van der Waals surface area (Å²) >= 11 is 5.85. The number of benzene rings is 1. The molecule has 0 saturated carbocycles. The molecule has 88 valence electrons. The summed E-state index contributed by atoms with van der Waals surface area (Å²) in [6.45, 7) is 4.49. The van der Waals surface area contributed by atoms with Crippen molar-refractivity contribution in [3.63, 3.8) is 0 Å². The fraction of sp³-hybridized carbons (Fsp3) is 0.364. The summed E-state index contributed by atoms with van der Waals surface area (Å²) in [7, 11) is 0. The van der Waals surface area contributed by atoms with Gasteiger partial charge in [-0.05, 0) is 24.7 Å². The second-order valence-electron chi connectivity index (χ2n) is 3.33. The lowest BCUT2D eigenvalue weighted by molar-refractivity contribution is 0.100. The molecule has 0 radical (unpaired) electrons. The number of hydrogen-bond acceptors (Lipinski definition) is 3. The fourth-order valence-electron chi connectivity index (χ4n) is 1.34. The molecule has 0 bridgehead atoms. The van der Waals surface area contributed by atoms with Gasteiger partial charge in [-0.25, -0.2) is 0 Å². The molecule has 0 aromatic heterocycles. The van der Waals surface area contributed by atoms with E-state index in [4.69, 9.17) is 17.3 Å². The number of amides is 1. The minimum absolute atomic E-state index is 0.456. The molecule has 1 amide bonds. The number of anilines is 1. The van der Waals surface area contributed by atoms with E-state index in [9.17, 15) is 4.79 Å². The van der Waals surface area contributed by atoms with Crippen LogP contribution in [0.4, 0.5) is 5.69 Å². The molecular formula is C11H16ClN3O. The topological polar surface area (TPSA) is 67.2 Å². The maximum Gasteiger partial charge on any atom is 0.250 e. The first-order valence-corrected chi connectivity index (χ1v) is 5.57. The third kappa shape index (κ3) is 3.72. The van der Waals surface area contributed by atoms with E-state index in [1.54, 1.807) is 18.2 Å². The zero-order valence-electron chi connectivity index (χ0n) is 9.22. The Labute approximate surface area is 100 Å². The van der Waals surface area contributed by atoms with E-state index in [0.29, 0.717) is 22.8 Å². The first-order valence-electron chi connectivity index (χ1n) is 5.19. The van der Waals surface area contributed by atoms with Crippen LogP contribution in [-0.2, 0) is 0 Å². The summed E-state index contributed by atoms with van der Waals surface area (Å²) in [5, 5.41) is 6.87. The van der Waals surface area contributed by atoms with E-state index in [1.165, 1.54) is 0 Å². The number of primary amides is 1. The van der Waals surface area contributed by atoms with Crippen LogP contribution in [0.15, 0.2) is 18.2 Å². The Morgan fingerprint density at radius 1 is 1.44 bits per heavy atom. The van der Waals surface area contributed by atoms with Crippen molar-refractivity contribution in [1.29, 1.82) is 0 Å². The Morgan fingerprint density at radius 2 is 2.19 bits per heavy atom. The van der Waals surface area contributed by atoms with E-state index in [2.05, 4.69) is 10.6 Å². The van der Waals surface area contributed by atoms with E-state index >= 15 is 0 Å². The van der Waals surface area contributed by atoms with Gasteiger partial charge in [0.05, 0.1) is 5.56 Å². The van der Waals surface area contributed by atoms with Crippen LogP contribution in [0, 0.1) is 0 Å². The average Bonchev–Trinajstić information content (AvgIpc) is 2.24. The predicted molar refractivity (Wildman–Crippen MR) is 67.0 cm³/mol. The van der Waals surface area contributed by atoms with Crippen LogP contribution in [0.2, 0.25) is 5.02 Å². The van der Waals surface area contributed by atoms with Crippen LogP contribution in [0.3, 0.4) is 0 Å². The van der Waals surface area contributed by atoms with Crippen LogP contribution in [0.1, 0.15) is 17.3 Å². The van der Waals surface area contributed by atoms with E-state index in [1.807, 2.05) is 6.92 Å². The van der Waals surface area contributed by atoms with E-state index in [0.717, 1.165) is 13.1 Å². The molecule has 5 heteroatoms. The van der Waals surface area contributed by atoms with Crippen LogP contribution >= 0.6 is 11.6 Å². The third-order valence-corrected chi connectivity index (χ3v) is 2.35. The lowest BCUT2D eigenvalue weighted by Gasteiger charge is -2.10. The van der Waals surface area contributed by atoms with Gasteiger partial charge in [-0.15, -0.1) is 0 Å². The number of rotatable bonds is 6. The highest BCUT2D eigenvalue weighted by molar-refractivity contribution is 6.31. The second-order valence-corrected chi connectivity index (χ2v) is 3.77. The minimum Gasteiger partial charge on any atom is -0.383 e. The molecule has 0 atom stereocenters. The summed E-state index contributed by atoms with van der Waals surface area (Å²) < 4.78 is 0. The van der Waals surface area contributed by atoms with E-state index < -0.39 is 5.91 Å². The van der Waals surface area contributed by atoms with Gasteiger partial charge in [0.15, 0.2) is 0 Å². The average molecular weight is 242 g/mol. The number of hydrogen-bond donors (Lipinski definition) is 3.